The van der Waals surface area contributed by atoms with Crippen LogP contribution >= 0.6 is 0 Å². The maximum atomic E-state index is 14.8. The minimum Gasteiger partial charge on any atom is -0.442 e. The molecule has 0 saturated carbocycles. The number of cyclic esters (lactones) is 1. The first kappa shape index (κ1) is 19.8. The number of hydrogen-bond donors (Lipinski definition) is 2. The van der Waals surface area contributed by atoms with Gasteiger partial charge in [-0.25, -0.2) is 9.18 Å². The Morgan fingerprint density at radius 2 is 2.18 bits per heavy atom. The van der Waals surface area contributed by atoms with E-state index in [0.29, 0.717) is 18.7 Å². The minimum absolute atomic E-state index is 0.184. The van der Waals surface area contributed by atoms with Gasteiger partial charge in [-0.05, 0) is 18.6 Å². The molecule has 1 aromatic rings. The summed E-state index contributed by atoms with van der Waals surface area (Å²) in [6.45, 7) is 1.50. The molecule has 0 spiro atoms. The molecule has 0 aliphatic carbocycles. The van der Waals surface area contributed by atoms with Crippen molar-refractivity contribution in [3.63, 3.8) is 0 Å². The van der Waals surface area contributed by atoms with Crippen molar-refractivity contribution in [2.45, 2.75) is 25.5 Å². The van der Waals surface area contributed by atoms with Crippen LogP contribution in [0.1, 0.15) is 24.9 Å². The van der Waals surface area contributed by atoms with Crippen molar-refractivity contribution in [1.29, 1.82) is 0 Å². The number of nitrogens with zero attached hydrogens (tertiary/aromatic N) is 2. The monoisotopic (exact) mass is 391 g/mol. The van der Waals surface area contributed by atoms with Crippen LogP contribution in [0.2, 0.25) is 0 Å². The number of aliphatic hydroxyl groups is 1. The van der Waals surface area contributed by atoms with Gasteiger partial charge in [-0.2, -0.15) is 0 Å². The number of ether oxygens (including phenoxy) is 1. The summed E-state index contributed by atoms with van der Waals surface area (Å²) in [4.78, 5) is 37.8. The molecule has 3 amide bonds. The molecule has 150 valence electrons. The Morgan fingerprint density at radius 3 is 2.86 bits per heavy atom. The molecule has 0 radical (unpaired) electrons. The quantitative estimate of drug-likeness (QED) is 0.733. The van der Waals surface area contributed by atoms with E-state index in [4.69, 9.17) is 9.84 Å². The zero-order valence-corrected chi connectivity index (χ0v) is 15.4. The summed E-state index contributed by atoms with van der Waals surface area (Å²) in [5.41, 5.74) is 0.611. The minimum atomic E-state index is -0.640. The fraction of sp³-hybridized carbons (Fsp3) is 0.421. The first-order chi connectivity index (χ1) is 13.4. The molecule has 1 saturated heterocycles. The summed E-state index contributed by atoms with van der Waals surface area (Å²) in [6.07, 6.45) is 3.10. The van der Waals surface area contributed by atoms with E-state index in [1.54, 1.807) is 12.1 Å². The first-order valence-corrected chi connectivity index (χ1v) is 8.99. The van der Waals surface area contributed by atoms with Crippen LogP contribution < -0.4 is 10.2 Å². The second-order valence-corrected chi connectivity index (χ2v) is 6.67. The number of rotatable bonds is 5. The Morgan fingerprint density at radius 1 is 1.39 bits per heavy atom. The molecular weight excluding hydrogens is 369 g/mol. The van der Waals surface area contributed by atoms with Crippen LogP contribution in [0.25, 0.3) is 0 Å². The molecule has 28 heavy (non-hydrogen) atoms. The number of carbonyl (C=O) groups excluding carboxylic acids is 3. The number of nitrogens with one attached hydrogen (secondary N) is 1. The number of carbonyl (C=O) groups is 3. The van der Waals surface area contributed by atoms with E-state index in [0.717, 1.165) is 0 Å². The van der Waals surface area contributed by atoms with Crippen LogP contribution in [0.5, 0.6) is 0 Å². The molecule has 2 atom stereocenters. The highest BCUT2D eigenvalue weighted by Gasteiger charge is 2.33. The van der Waals surface area contributed by atoms with E-state index in [1.165, 1.54) is 28.9 Å². The smallest absolute Gasteiger partial charge is 0.414 e. The van der Waals surface area contributed by atoms with Crippen LogP contribution in [-0.2, 0) is 14.3 Å². The number of halogens is 1. The van der Waals surface area contributed by atoms with Crippen molar-refractivity contribution in [2.24, 2.45) is 0 Å². The number of anilines is 1. The lowest BCUT2D eigenvalue weighted by Crippen LogP contribution is -2.38. The fourth-order valence-corrected chi connectivity index (χ4v) is 3.34. The highest BCUT2D eigenvalue weighted by molar-refractivity contribution is 5.90. The zero-order chi connectivity index (χ0) is 20.3. The van der Waals surface area contributed by atoms with Gasteiger partial charge in [-0.15, -0.1) is 0 Å². The summed E-state index contributed by atoms with van der Waals surface area (Å²) in [5.74, 6) is -1.27. The Kier molecular flexibility index (Phi) is 5.93. The molecule has 0 aromatic heterocycles. The molecule has 1 fully saturated rings. The van der Waals surface area contributed by atoms with E-state index >= 15 is 0 Å². The van der Waals surface area contributed by atoms with Gasteiger partial charge < -0.3 is 20.1 Å². The highest BCUT2D eigenvalue weighted by Crippen LogP contribution is 2.31. The lowest BCUT2D eigenvalue weighted by atomic mass is 9.99. The third kappa shape index (κ3) is 4.14. The van der Waals surface area contributed by atoms with Gasteiger partial charge in [0.05, 0.1) is 24.8 Å². The molecule has 9 heteroatoms. The SMILES string of the molecule is CC(=O)NC[C@H]1CN(c2ccc(C3C=CCCN3C(=O)CO)c(F)c2)C(=O)O1. The second kappa shape index (κ2) is 8.39. The largest absolute Gasteiger partial charge is 0.442 e. The van der Waals surface area contributed by atoms with E-state index in [2.05, 4.69) is 5.32 Å². The molecule has 8 nitrogen and oxygen atoms in total. The summed E-state index contributed by atoms with van der Waals surface area (Å²) >= 11 is 0. The van der Waals surface area contributed by atoms with Crippen molar-refractivity contribution < 1.29 is 28.6 Å². The summed E-state index contributed by atoms with van der Waals surface area (Å²) in [7, 11) is 0. The number of hydrogen-bond acceptors (Lipinski definition) is 5. The highest BCUT2D eigenvalue weighted by atomic mass is 19.1. The molecule has 1 aromatic carbocycles. The number of benzene rings is 1. The molecule has 2 aliphatic heterocycles. The maximum absolute atomic E-state index is 14.8. The molecule has 2 N–H and O–H groups in total. The first-order valence-electron chi connectivity index (χ1n) is 8.99. The molecule has 1 unspecified atom stereocenters. The third-order valence-corrected chi connectivity index (χ3v) is 4.71. The van der Waals surface area contributed by atoms with Crippen LogP contribution in [0.3, 0.4) is 0 Å². The predicted molar refractivity (Wildman–Crippen MR) is 98.0 cm³/mol. The Bertz CT molecular complexity index is 813. The zero-order valence-electron chi connectivity index (χ0n) is 15.4. The standard InChI is InChI=1S/C19H22FN3O5/c1-12(25)21-9-14-10-23(19(27)28-14)13-5-6-15(16(20)8-13)17-4-2-3-7-22(17)18(26)11-24/h2,4-6,8,14,17,24H,3,7,9-11H2,1H3,(H,21,25)/t14-,17?/m0/s1. The molecular formula is C19H22FN3O5. The average molecular weight is 391 g/mol. The van der Waals surface area contributed by atoms with Gasteiger partial charge >= 0.3 is 6.09 Å². The summed E-state index contributed by atoms with van der Waals surface area (Å²) < 4.78 is 20.0. The predicted octanol–water partition coefficient (Wildman–Crippen LogP) is 1.11. The topological polar surface area (TPSA) is 99.2 Å². The van der Waals surface area contributed by atoms with Gasteiger partial charge in [0, 0.05) is 19.0 Å². The lowest BCUT2D eigenvalue weighted by Gasteiger charge is -2.32. The molecule has 2 aliphatic rings. The fourth-order valence-electron chi connectivity index (χ4n) is 3.34. The van der Waals surface area contributed by atoms with Crippen molar-refractivity contribution in [2.75, 3.05) is 31.1 Å². The van der Waals surface area contributed by atoms with Crippen molar-refractivity contribution in [1.82, 2.24) is 10.2 Å². The van der Waals surface area contributed by atoms with Crippen molar-refractivity contribution in [3.05, 3.63) is 41.7 Å². The maximum Gasteiger partial charge on any atom is 0.414 e. The van der Waals surface area contributed by atoms with Crippen molar-refractivity contribution in [3.8, 4) is 0 Å². The van der Waals surface area contributed by atoms with Gasteiger partial charge in [0.2, 0.25) is 11.8 Å². The van der Waals surface area contributed by atoms with Crippen LogP contribution in [0, 0.1) is 5.82 Å². The van der Waals surface area contributed by atoms with E-state index in [9.17, 15) is 18.8 Å². The van der Waals surface area contributed by atoms with E-state index in [1.807, 2.05) is 6.08 Å². The number of aliphatic hydroxyl groups excluding tert-OH is 1. The normalized spacial score (nSPS) is 21.6. The van der Waals surface area contributed by atoms with Gasteiger partial charge in [0.1, 0.15) is 18.5 Å². The van der Waals surface area contributed by atoms with Gasteiger partial charge in [0.15, 0.2) is 0 Å². The van der Waals surface area contributed by atoms with Crippen LogP contribution in [0.15, 0.2) is 30.4 Å². The van der Waals surface area contributed by atoms with Gasteiger partial charge in [0.25, 0.3) is 0 Å². The Balaban J connectivity index is 1.78. The Hall–Kier alpha value is -2.94. The Labute approximate surface area is 161 Å². The third-order valence-electron chi connectivity index (χ3n) is 4.71. The lowest BCUT2D eigenvalue weighted by molar-refractivity contribution is -0.136. The van der Waals surface area contributed by atoms with E-state index < -0.39 is 36.6 Å². The van der Waals surface area contributed by atoms with Crippen LogP contribution in [0.4, 0.5) is 14.9 Å². The van der Waals surface area contributed by atoms with Gasteiger partial charge in [-0.3, -0.25) is 14.5 Å². The van der Waals surface area contributed by atoms with Crippen molar-refractivity contribution >= 4 is 23.6 Å². The van der Waals surface area contributed by atoms with Gasteiger partial charge in [-0.1, -0.05) is 18.2 Å². The summed E-state index contributed by atoms with van der Waals surface area (Å²) in [5, 5.41) is 11.7. The molecule has 0 bridgehead atoms. The molecule has 2 heterocycles. The molecule has 3 rings (SSSR count). The average Bonchev–Trinajstić information content (AvgIpc) is 3.06. The summed E-state index contributed by atoms with van der Waals surface area (Å²) in [6, 6.07) is 3.73. The number of amides is 3. The van der Waals surface area contributed by atoms with E-state index in [-0.39, 0.29) is 24.6 Å². The van der Waals surface area contributed by atoms with Crippen LogP contribution in [-0.4, -0.2) is 60.3 Å². The second-order valence-electron chi connectivity index (χ2n) is 6.67.